The topological polar surface area (TPSA) is 42.2 Å². The molecule has 2 N–H and O–H groups in total. The highest BCUT2D eigenvalue weighted by Gasteiger charge is 2.33. The van der Waals surface area contributed by atoms with Gasteiger partial charge in [0.05, 0.1) is 0 Å². The van der Waals surface area contributed by atoms with Crippen LogP contribution < -0.4 is 10.6 Å². The molecular formula is C14H22FN3. The molecule has 0 amide bonds. The molecule has 0 aliphatic carbocycles. The second-order valence-electron chi connectivity index (χ2n) is 6.11. The Bertz CT molecular complexity index is 426. The van der Waals surface area contributed by atoms with Crippen molar-refractivity contribution >= 4 is 5.82 Å². The molecule has 0 radical (unpaired) electrons. The smallest absolute Gasteiger partial charge is 0.170 e. The molecule has 0 spiro atoms. The molecule has 0 saturated carbocycles. The Kier molecular flexibility index (Phi) is 3.57. The lowest BCUT2D eigenvalue weighted by atomic mass is 9.80. The molecule has 0 bridgehead atoms. The summed E-state index contributed by atoms with van der Waals surface area (Å²) in [5, 5.41) is 0. The van der Waals surface area contributed by atoms with E-state index in [4.69, 9.17) is 5.73 Å². The highest BCUT2D eigenvalue weighted by Crippen LogP contribution is 2.35. The van der Waals surface area contributed by atoms with Gasteiger partial charge in [0.25, 0.3) is 0 Å². The third-order valence-electron chi connectivity index (χ3n) is 3.88. The lowest BCUT2D eigenvalue weighted by Gasteiger charge is -2.27. The fourth-order valence-electron chi connectivity index (χ4n) is 2.51. The zero-order valence-electron chi connectivity index (χ0n) is 11.4. The standard InChI is InChI=1S/C14H22FN3/c1-14(2,3)11-5-7-18(9-11)13-12(15)10(8-16)4-6-17-13/h4,6,11H,5,7-9,16H2,1-3H3. The highest BCUT2D eigenvalue weighted by molar-refractivity contribution is 5.44. The van der Waals surface area contributed by atoms with Crippen molar-refractivity contribution in [1.29, 1.82) is 0 Å². The summed E-state index contributed by atoms with van der Waals surface area (Å²) in [6, 6.07) is 1.65. The second kappa shape index (κ2) is 4.84. The van der Waals surface area contributed by atoms with Crippen LogP contribution in [0.4, 0.5) is 10.2 Å². The van der Waals surface area contributed by atoms with Crippen LogP contribution in [0.3, 0.4) is 0 Å². The Morgan fingerprint density at radius 3 is 2.78 bits per heavy atom. The van der Waals surface area contributed by atoms with E-state index in [-0.39, 0.29) is 17.8 Å². The number of pyridine rings is 1. The number of hydrogen-bond acceptors (Lipinski definition) is 3. The van der Waals surface area contributed by atoms with E-state index in [0.717, 1.165) is 19.5 Å². The van der Waals surface area contributed by atoms with Crippen LogP contribution in [0.2, 0.25) is 0 Å². The van der Waals surface area contributed by atoms with Gasteiger partial charge >= 0.3 is 0 Å². The fraction of sp³-hybridized carbons (Fsp3) is 0.643. The number of rotatable bonds is 2. The minimum atomic E-state index is -0.255. The van der Waals surface area contributed by atoms with E-state index in [2.05, 4.69) is 25.8 Å². The second-order valence-corrected chi connectivity index (χ2v) is 6.11. The molecule has 18 heavy (non-hydrogen) atoms. The Labute approximate surface area is 108 Å². The SMILES string of the molecule is CC(C)(C)C1CCN(c2nccc(CN)c2F)C1. The molecule has 2 rings (SSSR count). The summed E-state index contributed by atoms with van der Waals surface area (Å²) in [4.78, 5) is 6.23. The van der Waals surface area contributed by atoms with Crippen LogP contribution in [-0.4, -0.2) is 18.1 Å². The number of nitrogens with two attached hydrogens (primary N) is 1. The van der Waals surface area contributed by atoms with E-state index < -0.39 is 0 Å². The van der Waals surface area contributed by atoms with Crippen LogP contribution in [-0.2, 0) is 6.54 Å². The van der Waals surface area contributed by atoms with Crippen molar-refractivity contribution in [3.8, 4) is 0 Å². The van der Waals surface area contributed by atoms with Gasteiger partial charge in [-0.1, -0.05) is 20.8 Å². The molecule has 3 nitrogen and oxygen atoms in total. The van der Waals surface area contributed by atoms with Crippen LogP contribution in [0.15, 0.2) is 12.3 Å². The van der Waals surface area contributed by atoms with Gasteiger partial charge < -0.3 is 10.6 Å². The first-order valence-corrected chi connectivity index (χ1v) is 6.52. The molecule has 1 fully saturated rings. The summed E-state index contributed by atoms with van der Waals surface area (Å²) in [5.41, 5.74) is 6.33. The lowest BCUT2D eigenvalue weighted by Crippen LogP contribution is -2.27. The molecule has 1 saturated heterocycles. The van der Waals surface area contributed by atoms with Gasteiger partial charge in [0.1, 0.15) is 0 Å². The molecule has 100 valence electrons. The van der Waals surface area contributed by atoms with Crippen molar-refractivity contribution in [2.24, 2.45) is 17.1 Å². The number of anilines is 1. The van der Waals surface area contributed by atoms with Gasteiger partial charge in [-0.25, -0.2) is 9.37 Å². The maximum Gasteiger partial charge on any atom is 0.170 e. The molecule has 1 aromatic rings. The fourth-order valence-corrected chi connectivity index (χ4v) is 2.51. The lowest BCUT2D eigenvalue weighted by molar-refractivity contribution is 0.263. The molecule has 0 aromatic carbocycles. The highest BCUT2D eigenvalue weighted by atomic mass is 19.1. The Hall–Kier alpha value is -1.16. The minimum Gasteiger partial charge on any atom is -0.354 e. The van der Waals surface area contributed by atoms with Gasteiger partial charge in [-0.05, 0) is 23.8 Å². The quantitative estimate of drug-likeness (QED) is 0.878. The number of aromatic nitrogens is 1. The molecule has 1 aliphatic rings. The zero-order valence-corrected chi connectivity index (χ0v) is 11.4. The Morgan fingerprint density at radius 2 is 2.22 bits per heavy atom. The van der Waals surface area contributed by atoms with Gasteiger partial charge in [-0.2, -0.15) is 0 Å². The van der Waals surface area contributed by atoms with Crippen LogP contribution in [0, 0.1) is 17.2 Å². The predicted molar refractivity (Wildman–Crippen MR) is 71.9 cm³/mol. The van der Waals surface area contributed by atoms with Crippen LogP contribution in [0.5, 0.6) is 0 Å². The van der Waals surface area contributed by atoms with Crippen molar-refractivity contribution in [1.82, 2.24) is 4.98 Å². The maximum absolute atomic E-state index is 14.2. The summed E-state index contributed by atoms with van der Waals surface area (Å²) in [6.07, 6.45) is 2.74. The van der Waals surface area contributed by atoms with E-state index in [9.17, 15) is 4.39 Å². The first-order valence-electron chi connectivity index (χ1n) is 6.52. The largest absolute Gasteiger partial charge is 0.354 e. The molecule has 1 unspecified atom stereocenters. The van der Waals surface area contributed by atoms with E-state index >= 15 is 0 Å². The maximum atomic E-state index is 14.2. The van der Waals surface area contributed by atoms with Crippen molar-refractivity contribution in [3.63, 3.8) is 0 Å². The van der Waals surface area contributed by atoms with Crippen molar-refractivity contribution in [2.75, 3.05) is 18.0 Å². The summed E-state index contributed by atoms with van der Waals surface area (Å²) >= 11 is 0. The van der Waals surface area contributed by atoms with Crippen molar-refractivity contribution in [3.05, 3.63) is 23.6 Å². The van der Waals surface area contributed by atoms with Gasteiger partial charge in [0, 0.05) is 31.4 Å². The first-order chi connectivity index (χ1) is 8.43. The van der Waals surface area contributed by atoms with E-state index in [1.54, 1.807) is 12.3 Å². The predicted octanol–water partition coefficient (Wildman–Crippen LogP) is 2.55. The van der Waals surface area contributed by atoms with Crippen LogP contribution >= 0.6 is 0 Å². The number of hydrogen-bond donors (Lipinski definition) is 1. The minimum absolute atomic E-state index is 0.220. The monoisotopic (exact) mass is 251 g/mol. The van der Waals surface area contributed by atoms with Crippen LogP contribution in [0.1, 0.15) is 32.8 Å². The summed E-state index contributed by atoms with van der Waals surface area (Å²) in [6.45, 7) is 8.68. The third kappa shape index (κ3) is 2.48. The Balaban J connectivity index is 2.20. The Morgan fingerprint density at radius 1 is 1.50 bits per heavy atom. The van der Waals surface area contributed by atoms with Gasteiger partial charge in [-0.15, -0.1) is 0 Å². The third-order valence-corrected chi connectivity index (χ3v) is 3.88. The normalized spacial score (nSPS) is 20.5. The number of nitrogens with zero attached hydrogens (tertiary/aromatic N) is 2. The number of halogens is 1. The molecule has 4 heteroatoms. The van der Waals surface area contributed by atoms with Gasteiger partial charge in [0.2, 0.25) is 0 Å². The van der Waals surface area contributed by atoms with Crippen molar-refractivity contribution < 1.29 is 4.39 Å². The van der Waals surface area contributed by atoms with Crippen molar-refractivity contribution in [2.45, 2.75) is 33.7 Å². The van der Waals surface area contributed by atoms with E-state index in [0.29, 0.717) is 17.3 Å². The molecular weight excluding hydrogens is 229 g/mol. The zero-order chi connectivity index (χ0) is 13.3. The van der Waals surface area contributed by atoms with Gasteiger partial charge in [0.15, 0.2) is 11.6 Å². The molecule has 2 heterocycles. The summed E-state index contributed by atoms with van der Waals surface area (Å²) < 4.78 is 14.2. The van der Waals surface area contributed by atoms with E-state index in [1.807, 2.05) is 4.90 Å². The molecule has 1 aliphatic heterocycles. The first kappa shape index (κ1) is 13.3. The summed E-state index contributed by atoms with van der Waals surface area (Å²) in [5.74, 6) is 0.791. The van der Waals surface area contributed by atoms with E-state index in [1.165, 1.54) is 0 Å². The van der Waals surface area contributed by atoms with Gasteiger partial charge in [-0.3, -0.25) is 0 Å². The molecule has 1 aromatic heterocycles. The van der Waals surface area contributed by atoms with Crippen LogP contribution in [0.25, 0.3) is 0 Å². The summed E-state index contributed by atoms with van der Waals surface area (Å²) in [7, 11) is 0. The molecule has 1 atom stereocenters. The average Bonchev–Trinajstić information content (AvgIpc) is 2.78. The average molecular weight is 251 g/mol.